The number of pyridine rings is 3. The van der Waals surface area contributed by atoms with Crippen LogP contribution in [-0.4, -0.2) is 50.5 Å². The molecule has 0 spiro atoms. The van der Waals surface area contributed by atoms with Crippen LogP contribution in [0.1, 0.15) is 72.1 Å². The summed E-state index contributed by atoms with van der Waals surface area (Å²) in [7, 11) is 0. The Labute approximate surface area is 224 Å². The van der Waals surface area contributed by atoms with Crippen LogP contribution in [0.2, 0.25) is 0 Å². The minimum Gasteiger partial charge on any atom is -0.391 e. The van der Waals surface area contributed by atoms with Gasteiger partial charge in [0.2, 0.25) is 0 Å². The number of nitriles is 1. The molecule has 2 fully saturated rings. The number of nitrogens with one attached hydrogen (secondary N) is 1. The third-order valence-electron chi connectivity index (χ3n) is 8.09. The zero-order valence-electron chi connectivity index (χ0n) is 21.5. The van der Waals surface area contributed by atoms with Gasteiger partial charge in [0.1, 0.15) is 11.0 Å². The maximum Gasteiger partial charge on any atom is 0.267 e. The quantitative estimate of drug-likeness (QED) is 0.498. The molecule has 1 aliphatic heterocycles. The molecule has 1 aliphatic carbocycles. The highest BCUT2D eigenvalue weighted by Crippen LogP contribution is 2.36. The van der Waals surface area contributed by atoms with Crippen LogP contribution in [0.4, 0.5) is 8.78 Å². The predicted molar refractivity (Wildman–Crippen MR) is 140 cm³/mol. The van der Waals surface area contributed by atoms with E-state index >= 15 is 0 Å². The topological polar surface area (TPSA) is 111 Å². The van der Waals surface area contributed by atoms with Crippen molar-refractivity contribution in [2.24, 2.45) is 0 Å². The van der Waals surface area contributed by atoms with Gasteiger partial charge in [0.15, 0.2) is 0 Å². The molecule has 8 nitrogen and oxygen atoms in total. The van der Waals surface area contributed by atoms with Gasteiger partial charge >= 0.3 is 0 Å². The van der Waals surface area contributed by atoms with Crippen LogP contribution >= 0.6 is 0 Å². The summed E-state index contributed by atoms with van der Waals surface area (Å²) in [5.41, 5.74) is 0.315. The molecular formula is C29H31F2N5O3. The van der Waals surface area contributed by atoms with Gasteiger partial charge in [-0.15, -0.1) is 0 Å². The first-order valence-electron chi connectivity index (χ1n) is 13.3. The molecule has 2 N–H and O–H groups in total. The van der Waals surface area contributed by atoms with Gasteiger partial charge in [-0.25, -0.2) is 8.78 Å². The fraction of sp³-hybridized carbons (Fsp3) is 0.448. The summed E-state index contributed by atoms with van der Waals surface area (Å²) < 4.78 is 28.0. The minimum absolute atomic E-state index is 0.0165. The number of amides is 1. The van der Waals surface area contributed by atoms with Crippen molar-refractivity contribution in [3.05, 3.63) is 81.5 Å². The molecule has 0 unspecified atom stereocenters. The molecule has 1 saturated heterocycles. The van der Waals surface area contributed by atoms with Crippen molar-refractivity contribution < 1.29 is 18.7 Å². The number of alkyl halides is 2. The van der Waals surface area contributed by atoms with Crippen molar-refractivity contribution in [3.8, 4) is 6.07 Å². The number of aromatic nitrogens is 2. The Bertz CT molecular complexity index is 1460. The normalized spacial score (nSPS) is 21.5. The van der Waals surface area contributed by atoms with E-state index in [0.717, 1.165) is 18.4 Å². The lowest BCUT2D eigenvalue weighted by Gasteiger charge is -2.37. The number of halogens is 2. The van der Waals surface area contributed by atoms with Crippen molar-refractivity contribution in [2.45, 2.75) is 69.1 Å². The Morgan fingerprint density at radius 2 is 1.97 bits per heavy atom. The fourth-order valence-electron chi connectivity index (χ4n) is 5.74. The first-order valence-corrected chi connectivity index (χ1v) is 13.3. The Hall–Kier alpha value is -3.68. The van der Waals surface area contributed by atoms with Gasteiger partial charge in [-0.1, -0.05) is 18.9 Å². The van der Waals surface area contributed by atoms with Crippen LogP contribution in [0.15, 0.2) is 53.6 Å². The van der Waals surface area contributed by atoms with Gasteiger partial charge in [-0.2, -0.15) is 5.26 Å². The summed E-state index contributed by atoms with van der Waals surface area (Å²) >= 11 is 0. The SMILES string of the molecule is N#CC1(c2cc(C(F)F)ccn2)CCN(Cc2cc(C(=O)N[C@H]3CCCC[C@@H]3O)c(=O)n3ccccc23)CC1. The van der Waals surface area contributed by atoms with E-state index in [-0.39, 0.29) is 17.2 Å². The molecule has 2 atom stereocenters. The van der Waals surface area contributed by atoms with Gasteiger partial charge in [0, 0.05) is 37.6 Å². The van der Waals surface area contributed by atoms with Crippen LogP contribution in [0, 0.1) is 11.3 Å². The molecule has 10 heteroatoms. The van der Waals surface area contributed by atoms with Crippen LogP contribution in [-0.2, 0) is 12.0 Å². The van der Waals surface area contributed by atoms with Gasteiger partial charge in [-0.3, -0.25) is 23.9 Å². The largest absolute Gasteiger partial charge is 0.391 e. The van der Waals surface area contributed by atoms with Gasteiger partial charge in [0.05, 0.1) is 29.4 Å². The molecule has 0 aromatic carbocycles. The van der Waals surface area contributed by atoms with E-state index < -0.39 is 29.4 Å². The monoisotopic (exact) mass is 535 g/mol. The molecule has 4 heterocycles. The van der Waals surface area contributed by atoms with Crippen molar-refractivity contribution >= 4 is 11.4 Å². The molecule has 1 amide bonds. The van der Waals surface area contributed by atoms with Crippen molar-refractivity contribution in [3.63, 3.8) is 0 Å². The van der Waals surface area contributed by atoms with Gasteiger partial charge in [0.25, 0.3) is 17.9 Å². The Balaban J connectivity index is 1.38. The van der Waals surface area contributed by atoms with Crippen LogP contribution < -0.4 is 10.9 Å². The fourth-order valence-corrected chi connectivity index (χ4v) is 5.74. The molecule has 1 saturated carbocycles. The number of fused-ring (bicyclic) bond motifs is 1. The molecule has 2 aliphatic rings. The number of hydrogen-bond donors (Lipinski definition) is 2. The van der Waals surface area contributed by atoms with E-state index in [9.17, 15) is 28.7 Å². The Morgan fingerprint density at radius 1 is 1.21 bits per heavy atom. The highest BCUT2D eigenvalue weighted by Gasteiger charge is 2.38. The van der Waals surface area contributed by atoms with E-state index in [1.807, 2.05) is 12.1 Å². The second-order valence-electron chi connectivity index (χ2n) is 10.5. The summed E-state index contributed by atoms with van der Waals surface area (Å²) in [4.78, 5) is 32.8. The highest BCUT2D eigenvalue weighted by atomic mass is 19.3. The first-order chi connectivity index (χ1) is 18.8. The summed E-state index contributed by atoms with van der Waals surface area (Å²) in [5, 5.41) is 23.2. The predicted octanol–water partition coefficient (Wildman–Crippen LogP) is 3.72. The zero-order chi connectivity index (χ0) is 27.6. The maximum atomic E-state index is 13.3. The summed E-state index contributed by atoms with van der Waals surface area (Å²) in [6.07, 6.45) is 3.63. The number of nitrogens with zero attached hydrogens (tertiary/aromatic N) is 4. The summed E-state index contributed by atoms with van der Waals surface area (Å²) in [6.45, 7) is 1.47. The number of carbonyl (C=O) groups excluding carboxylic acids is 1. The standard InChI is InChI=1S/C29H31F2N5O3/c30-26(31)19-8-11-33-25(16-19)29(18-32)9-13-35(14-10-29)17-20-15-21(28(39)36-12-4-3-6-23(20)36)27(38)34-22-5-1-2-7-24(22)37/h3-4,6,8,11-12,15-16,22,24,26,37H,1-2,5,7,9-10,13-14,17H2,(H,34,38)/t22-,24-/m0/s1. The second kappa shape index (κ2) is 11.2. The second-order valence-corrected chi connectivity index (χ2v) is 10.5. The van der Waals surface area contributed by atoms with E-state index in [4.69, 9.17) is 0 Å². The number of aliphatic hydroxyl groups excluding tert-OH is 1. The zero-order valence-corrected chi connectivity index (χ0v) is 21.5. The van der Waals surface area contributed by atoms with Crippen molar-refractivity contribution in [1.82, 2.24) is 19.6 Å². The smallest absolute Gasteiger partial charge is 0.267 e. The van der Waals surface area contributed by atoms with Crippen molar-refractivity contribution in [1.29, 1.82) is 5.26 Å². The first kappa shape index (κ1) is 26.9. The molecular weight excluding hydrogens is 504 g/mol. The lowest BCUT2D eigenvalue weighted by atomic mass is 9.76. The van der Waals surface area contributed by atoms with Crippen LogP contribution in [0.5, 0.6) is 0 Å². The highest BCUT2D eigenvalue weighted by molar-refractivity contribution is 5.94. The van der Waals surface area contributed by atoms with Crippen molar-refractivity contribution in [2.75, 3.05) is 13.1 Å². The van der Waals surface area contributed by atoms with Gasteiger partial charge < -0.3 is 10.4 Å². The molecule has 0 bridgehead atoms. The van der Waals surface area contributed by atoms with Crippen LogP contribution in [0.25, 0.3) is 5.52 Å². The molecule has 3 aromatic rings. The van der Waals surface area contributed by atoms with E-state index in [1.54, 1.807) is 18.3 Å². The average Bonchev–Trinajstić information content (AvgIpc) is 2.96. The number of hydrogen-bond acceptors (Lipinski definition) is 6. The molecule has 204 valence electrons. The molecule has 5 rings (SSSR count). The number of rotatable bonds is 6. The summed E-state index contributed by atoms with van der Waals surface area (Å²) in [6, 6.07) is 11.6. The summed E-state index contributed by atoms with van der Waals surface area (Å²) in [5.74, 6) is -0.502. The maximum absolute atomic E-state index is 13.3. The van der Waals surface area contributed by atoms with Crippen LogP contribution in [0.3, 0.4) is 0 Å². The number of likely N-dealkylation sites (tertiary alicyclic amines) is 1. The van der Waals surface area contributed by atoms with E-state index in [2.05, 4.69) is 21.3 Å². The molecule has 3 aromatic heterocycles. The van der Waals surface area contributed by atoms with E-state index in [0.29, 0.717) is 56.5 Å². The number of piperidine rings is 1. The lowest BCUT2D eigenvalue weighted by Crippen LogP contribution is -2.46. The number of aliphatic hydroxyl groups is 1. The van der Waals surface area contributed by atoms with Gasteiger partial charge in [-0.05, 0) is 61.6 Å². The third kappa shape index (κ3) is 5.42. The Kier molecular flexibility index (Phi) is 7.73. The average molecular weight is 536 g/mol. The van der Waals surface area contributed by atoms with E-state index in [1.165, 1.54) is 22.7 Å². The minimum atomic E-state index is -2.63. The molecule has 39 heavy (non-hydrogen) atoms. The Morgan fingerprint density at radius 3 is 2.69 bits per heavy atom. The third-order valence-corrected chi connectivity index (χ3v) is 8.09. The number of carbonyl (C=O) groups is 1. The lowest BCUT2D eigenvalue weighted by molar-refractivity contribution is 0.0716. The molecule has 0 radical (unpaired) electrons.